The van der Waals surface area contributed by atoms with Gasteiger partial charge >= 0.3 is 0 Å². The van der Waals surface area contributed by atoms with Crippen molar-refractivity contribution in [3.63, 3.8) is 0 Å². The summed E-state index contributed by atoms with van der Waals surface area (Å²) in [6.45, 7) is 3.43. The molecular formula is C27H27Cl2N3O3S. The molecule has 2 aliphatic rings. The Labute approximate surface area is 222 Å². The number of nitrogens with zero attached hydrogens (tertiary/aromatic N) is 2. The molecule has 1 N–H and O–H groups in total. The molecule has 0 aromatic heterocycles. The number of sulfonamides is 1. The molecule has 36 heavy (non-hydrogen) atoms. The summed E-state index contributed by atoms with van der Waals surface area (Å²) in [5, 5.41) is 4.84. The van der Waals surface area contributed by atoms with Crippen molar-refractivity contribution in [1.82, 2.24) is 9.62 Å². The molecule has 2 unspecified atom stereocenters. The maximum atomic E-state index is 13.3. The maximum absolute atomic E-state index is 13.3. The third kappa shape index (κ3) is 4.98. The van der Waals surface area contributed by atoms with E-state index in [4.69, 9.17) is 32.9 Å². The average Bonchev–Trinajstić information content (AvgIpc) is 3.57. The van der Waals surface area contributed by atoms with E-state index >= 15 is 0 Å². The summed E-state index contributed by atoms with van der Waals surface area (Å²) in [5.41, 5.74) is 2.62. The lowest BCUT2D eigenvalue weighted by Crippen LogP contribution is -2.29. The van der Waals surface area contributed by atoms with Crippen LogP contribution in [0.25, 0.3) is 0 Å². The monoisotopic (exact) mass is 543 g/mol. The zero-order valence-electron chi connectivity index (χ0n) is 19.8. The number of amidine groups is 1. The van der Waals surface area contributed by atoms with Crippen LogP contribution in [0.15, 0.2) is 76.6 Å². The van der Waals surface area contributed by atoms with E-state index in [1.54, 1.807) is 22.5 Å². The first kappa shape index (κ1) is 25.1. The van der Waals surface area contributed by atoms with Gasteiger partial charge < -0.3 is 10.1 Å². The van der Waals surface area contributed by atoms with Crippen molar-refractivity contribution in [3.8, 4) is 5.75 Å². The molecule has 0 aliphatic carbocycles. The second-order valence-corrected chi connectivity index (χ2v) is 11.7. The molecule has 3 aromatic carbocycles. The summed E-state index contributed by atoms with van der Waals surface area (Å²) < 4.78 is 34.0. The van der Waals surface area contributed by atoms with Gasteiger partial charge in [-0.2, -0.15) is 4.31 Å². The van der Waals surface area contributed by atoms with Gasteiger partial charge in [-0.05, 0) is 73.4 Å². The van der Waals surface area contributed by atoms with Gasteiger partial charge in [0.1, 0.15) is 17.6 Å². The van der Waals surface area contributed by atoms with Crippen LogP contribution >= 0.6 is 23.2 Å². The van der Waals surface area contributed by atoms with Crippen LogP contribution in [0.4, 0.5) is 0 Å². The molecule has 0 spiro atoms. The maximum Gasteiger partial charge on any atom is 0.243 e. The topological polar surface area (TPSA) is 71.0 Å². The Morgan fingerprint density at radius 1 is 0.944 bits per heavy atom. The standard InChI is InChI=1S/C27H27Cl2N3O3S/c1-2-35-24-14-13-22(36(33,34)32-15-3-4-16-32)17-23(24)27-30-25(18-5-9-20(28)10-6-18)26(31-27)19-7-11-21(29)12-8-19/h5-14,17,25-26H,2-4,15-16H2,1H3,(H,30,31). The van der Waals surface area contributed by atoms with Crippen molar-refractivity contribution in [2.75, 3.05) is 19.7 Å². The van der Waals surface area contributed by atoms with Crippen molar-refractivity contribution in [2.45, 2.75) is 36.7 Å². The van der Waals surface area contributed by atoms with Crippen LogP contribution in [-0.4, -0.2) is 38.3 Å². The molecule has 9 heteroatoms. The highest BCUT2D eigenvalue weighted by atomic mass is 35.5. The van der Waals surface area contributed by atoms with Crippen LogP contribution in [0.2, 0.25) is 10.0 Å². The second kappa shape index (κ2) is 10.4. The van der Waals surface area contributed by atoms with Gasteiger partial charge in [-0.1, -0.05) is 47.5 Å². The Balaban J connectivity index is 1.59. The van der Waals surface area contributed by atoms with Gasteiger partial charge in [-0.3, -0.25) is 4.99 Å². The van der Waals surface area contributed by atoms with E-state index in [2.05, 4.69) is 5.32 Å². The first-order valence-corrected chi connectivity index (χ1v) is 14.2. The van der Waals surface area contributed by atoms with Gasteiger partial charge in [-0.15, -0.1) is 0 Å². The zero-order chi connectivity index (χ0) is 25.3. The number of benzene rings is 3. The lowest BCUT2D eigenvalue weighted by atomic mass is 9.95. The van der Waals surface area contributed by atoms with Crippen molar-refractivity contribution in [1.29, 1.82) is 0 Å². The quantitative estimate of drug-likeness (QED) is 0.396. The summed E-state index contributed by atoms with van der Waals surface area (Å²) in [7, 11) is -3.60. The average molecular weight is 545 g/mol. The molecule has 1 saturated heterocycles. The van der Waals surface area contributed by atoms with Gasteiger partial charge in [0.15, 0.2) is 0 Å². The Bertz CT molecular complexity index is 1370. The van der Waals surface area contributed by atoms with Crippen molar-refractivity contribution in [3.05, 3.63) is 93.5 Å². The largest absolute Gasteiger partial charge is 0.493 e. The summed E-state index contributed by atoms with van der Waals surface area (Å²) in [5.74, 6) is 1.16. The molecule has 2 aliphatic heterocycles. The molecule has 188 valence electrons. The molecule has 1 fully saturated rings. The third-order valence-corrected chi connectivity index (χ3v) is 8.92. The number of nitrogens with one attached hydrogen (secondary N) is 1. The summed E-state index contributed by atoms with van der Waals surface area (Å²) in [6.07, 6.45) is 1.76. The van der Waals surface area contributed by atoms with E-state index in [0.717, 1.165) is 24.0 Å². The zero-order valence-corrected chi connectivity index (χ0v) is 22.2. The van der Waals surface area contributed by atoms with Crippen molar-refractivity contribution in [2.24, 2.45) is 4.99 Å². The summed E-state index contributed by atoms with van der Waals surface area (Å²) in [6, 6.07) is 19.8. The van der Waals surface area contributed by atoms with E-state index in [1.807, 2.05) is 55.5 Å². The summed E-state index contributed by atoms with van der Waals surface area (Å²) >= 11 is 12.3. The molecule has 0 amide bonds. The second-order valence-electron chi connectivity index (χ2n) is 8.85. The fraction of sp³-hybridized carbons (Fsp3) is 0.296. The summed E-state index contributed by atoms with van der Waals surface area (Å²) in [4.78, 5) is 5.28. The molecule has 2 atom stereocenters. The molecule has 3 aromatic rings. The number of halogens is 2. The molecule has 0 radical (unpaired) electrons. The molecular weight excluding hydrogens is 517 g/mol. The highest BCUT2D eigenvalue weighted by Crippen LogP contribution is 2.39. The molecule has 5 rings (SSSR count). The minimum atomic E-state index is -3.60. The first-order valence-electron chi connectivity index (χ1n) is 12.0. The van der Waals surface area contributed by atoms with Crippen LogP contribution in [0.1, 0.15) is 48.5 Å². The van der Waals surface area contributed by atoms with Gasteiger partial charge in [0.25, 0.3) is 0 Å². The minimum absolute atomic E-state index is 0.188. The number of ether oxygens (including phenoxy) is 1. The van der Waals surface area contributed by atoms with Crippen LogP contribution in [0.3, 0.4) is 0 Å². The van der Waals surface area contributed by atoms with Crippen LogP contribution in [-0.2, 0) is 10.0 Å². The molecule has 2 heterocycles. The number of hydrogen-bond donors (Lipinski definition) is 1. The minimum Gasteiger partial charge on any atom is -0.493 e. The van der Waals surface area contributed by atoms with Crippen LogP contribution in [0.5, 0.6) is 5.75 Å². The Hall–Kier alpha value is -2.58. The van der Waals surface area contributed by atoms with E-state index in [1.165, 1.54) is 0 Å². The van der Waals surface area contributed by atoms with Crippen molar-refractivity contribution < 1.29 is 13.2 Å². The Kier molecular flexibility index (Phi) is 7.26. The Morgan fingerprint density at radius 2 is 1.56 bits per heavy atom. The van der Waals surface area contributed by atoms with E-state index in [-0.39, 0.29) is 17.0 Å². The normalized spacial score (nSPS) is 20.2. The van der Waals surface area contributed by atoms with Gasteiger partial charge in [0.05, 0.1) is 23.1 Å². The smallest absolute Gasteiger partial charge is 0.243 e. The molecule has 0 saturated carbocycles. The third-order valence-electron chi connectivity index (χ3n) is 6.53. The molecule has 6 nitrogen and oxygen atoms in total. The number of aliphatic imine (C=N–C) groups is 1. The lowest BCUT2D eigenvalue weighted by molar-refractivity contribution is 0.339. The predicted molar refractivity (Wildman–Crippen MR) is 144 cm³/mol. The van der Waals surface area contributed by atoms with Gasteiger partial charge in [-0.25, -0.2) is 8.42 Å². The highest BCUT2D eigenvalue weighted by molar-refractivity contribution is 7.89. The van der Waals surface area contributed by atoms with Crippen molar-refractivity contribution >= 4 is 39.1 Å². The van der Waals surface area contributed by atoms with Gasteiger partial charge in [0, 0.05) is 23.1 Å². The Morgan fingerprint density at radius 3 is 2.17 bits per heavy atom. The fourth-order valence-electron chi connectivity index (χ4n) is 4.70. The fourth-order valence-corrected chi connectivity index (χ4v) is 6.50. The van der Waals surface area contributed by atoms with E-state index in [0.29, 0.717) is 46.9 Å². The first-order chi connectivity index (χ1) is 17.4. The predicted octanol–water partition coefficient (Wildman–Crippen LogP) is 6.01. The number of hydrogen-bond acceptors (Lipinski definition) is 5. The van der Waals surface area contributed by atoms with Crippen LogP contribution < -0.4 is 10.1 Å². The van der Waals surface area contributed by atoms with Crippen LogP contribution in [0, 0.1) is 0 Å². The van der Waals surface area contributed by atoms with E-state index < -0.39 is 10.0 Å². The highest BCUT2D eigenvalue weighted by Gasteiger charge is 2.34. The lowest BCUT2D eigenvalue weighted by Gasteiger charge is -2.20. The SMILES string of the molecule is CCOc1ccc(S(=O)(=O)N2CCCC2)cc1C1=NC(c2ccc(Cl)cc2)C(c2ccc(Cl)cc2)N1. The molecule has 0 bridgehead atoms. The van der Waals surface area contributed by atoms with Gasteiger partial charge in [0.2, 0.25) is 10.0 Å². The van der Waals surface area contributed by atoms with E-state index in [9.17, 15) is 8.42 Å². The number of rotatable bonds is 7.